The van der Waals surface area contributed by atoms with Crippen LogP contribution in [0.25, 0.3) is 11.2 Å². The molecule has 0 aliphatic carbocycles. The highest BCUT2D eigenvalue weighted by atomic mass is 16.2. The Balaban J connectivity index is 1.37. The van der Waals surface area contributed by atoms with Gasteiger partial charge in [0.1, 0.15) is 5.52 Å². The van der Waals surface area contributed by atoms with E-state index in [1.807, 2.05) is 12.3 Å². The topological polar surface area (TPSA) is 65.5 Å². The van der Waals surface area contributed by atoms with Crippen LogP contribution in [0.5, 0.6) is 0 Å². The number of nitrogens with zero attached hydrogens (tertiary/aromatic N) is 6. The molecule has 4 heterocycles. The number of rotatable bonds is 5. The van der Waals surface area contributed by atoms with Crippen LogP contribution < -0.4 is 4.90 Å². The summed E-state index contributed by atoms with van der Waals surface area (Å²) in [5.74, 6) is 0.405. The molecule has 0 radical (unpaired) electrons. The molecule has 7 nitrogen and oxygen atoms in total. The largest absolute Gasteiger partial charge is 0.369 e. The Bertz CT molecular complexity index is 804. The second kappa shape index (κ2) is 8.82. The van der Waals surface area contributed by atoms with Crippen LogP contribution in [0, 0.1) is 5.92 Å². The zero-order chi connectivity index (χ0) is 19.3. The molecule has 0 saturated carbocycles. The molecule has 2 fully saturated rings. The number of hydrogen-bond acceptors (Lipinski definition) is 6. The molecule has 28 heavy (non-hydrogen) atoms. The summed E-state index contributed by atoms with van der Waals surface area (Å²) in [7, 11) is 0. The van der Waals surface area contributed by atoms with Crippen molar-refractivity contribution in [3.63, 3.8) is 0 Å². The molecule has 4 rings (SSSR count). The van der Waals surface area contributed by atoms with Crippen molar-refractivity contribution in [1.29, 1.82) is 0 Å². The van der Waals surface area contributed by atoms with Crippen LogP contribution in [0.3, 0.4) is 0 Å². The number of piperidine rings is 1. The van der Waals surface area contributed by atoms with Crippen molar-refractivity contribution in [1.82, 2.24) is 24.8 Å². The molecule has 0 unspecified atom stereocenters. The monoisotopic (exact) mass is 382 g/mol. The van der Waals surface area contributed by atoms with Crippen LogP contribution in [-0.2, 0) is 4.79 Å². The molecule has 1 atom stereocenters. The first-order chi connectivity index (χ1) is 13.7. The Morgan fingerprint density at radius 1 is 1.11 bits per heavy atom. The van der Waals surface area contributed by atoms with E-state index in [4.69, 9.17) is 0 Å². The Morgan fingerprint density at radius 3 is 2.75 bits per heavy atom. The maximum Gasteiger partial charge on any atom is 0.227 e. The van der Waals surface area contributed by atoms with Gasteiger partial charge in [0.2, 0.25) is 5.91 Å². The minimum absolute atomic E-state index is 0.0773. The van der Waals surface area contributed by atoms with Gasteiger partial charge in [-0.3, -0.25) is 14.7 Å². The van der Waals surface area contributed by atoms with Crippen molar-refractivity contribution >= 4 is 22.8 Å². The van der Waals surface area contributed by atoms with Gasteiger partial charge in [0.05, 0.1) is 17.8 Å². The summed E-state index contributed by atoms with van der Waals surface area (Å²) in [6, 6.07) is 2.04. The third-order valence-electron chi connectivity index (χ3n) is 5.96. The van der Waals surface area contributed by atoms with Crippen molar-refractivity contribution in [2.75, 3.05) is 50.7 Å². The molecular weight excluding hydrogens is 352 g/mol. The summed E-state index contributed by atoms with van der Waals surface area (Å²) in [5, 5.41) is 0. The number of carbonyl (C=O) groups is 1. The molecule has 0 N–H and O–H groups in total. The van der Waals surface area contributed by atoms with Crippen LogP contribution in [0.2, 0.25) is 0 Å². The second-order valence-electron chi connectivity index (χ2n) is 7.90. The van der Waals surface area contributed by atoms with Crippen LogP contribution in [-0.4, -0.2) is 76.5 Å². The SMILES string of the molecule is CCCCN1CCN(C(=O)[C@H]2CCCN(c3cnc4nccnc4c3)C2)CC1. The average Bonchev–Trinajstić information content (AvgIpc) is 2.77. The molecule has 2 aromatic heterocycles. The Kier molecular flexibility index (Phi) is 6.00. The van der Waals surface area contributed by atoms with Crippen molar-refractivity contribution in [3.05, 3.63) is 24.7 Å². The molecule has 7 heteroatoms. The summed E-state index contributed by atoms with van der Waals surface area (Å²) in [5.41, 5.74) is 2.50. The summed E-state index contributed by atoms with van der Waals surface area (Å²) >= 11 is 0. The van der Waals surface area contributed by atoms with Crippen molar-refractivity contribution in [2.24, 2.45) is 5.92 Å². The number of unbranched alkanes of at least 4 members (excludes halogenated alkanes) is 1. The van der Waals surface area contributed by atoms with Gasteiger partial charge in [0.25, 0.3) is 0 Å². The first-order valence-corrected chi connectivity index (χ1v) is 10.6. The predicted octanol–water partition coefficient (Wildman–Crippen LogP) is 2.19. The highest BCUT2D eigenvalue weighted by Crippen LogP contribution is 2.25. The van der Waals surface area contributed by atoms with E-state index in [1.165, 1.54) is 12.8 Å². The normalized spacial score (nSPS) is 21.2. The van der Waals surface area contributed by atoms with Gasteiger partial charge in [-0.2, -0.15) is 0 Å². The predicted molar refractivity (Wildman–Crippen MR) is 110 cm³/mol. The van der Waals surface area contributed by atoms with E-state index in [9.17, 15) is 4.79 Å². The van der Waals surface area contributed by atoms with E-state index in [2.05, 4.69) is 36.6 Å². The van der Waals surface area contributed by atoms with Gasteiger partial charge < -0.3 is 9.80 Å². The summed E-state index contributed by atoms with van der Waals surface area (Å²) < 4.78 is 0. The fourth-order valence-electron chi connectivity index (χ4n) is 4.27. The molecule has 2 aliphatic rings. The molecule has 0 bridgehead atoms. The fourth-order valence-corrected chi connectivity index (χ4v) is 4.27. The number of amides is 1. The lowest BCUT2D eigenvalue weighted by molar-refractivity contribution is -0.137. The molecule has 0 spiro atoms. The van der Waals surface area contributed by atoms with Gasteiger partial charge in [0, 0.05) is 51.7 Å². The van der Waals surface area contributed by atoms with Gasteiger partial charge in [-0.1, -0.05) is 13.3 Å². The number of piperazine rings is 1. The maximum atomic E-state index is 13.1. The minimum Gasteiger partial charge on any atom is -0.369 e. The summed E-state index contributed by atoms with van der Waals surface area (Å²) in [6.07, 6.45) is 9.69. The molecule has 2 aliphatic heterocycles. The zero-order valence-corrected chi connectivity index (χ0v) is 16.8. The lowest BCUT2D eigenvalue weighted by Crippen LogP contribution is -2.52. The maximum absolute atomic E-state index is 13.1. The van der Waals surface area contributed by atoms with Crippen molar-refractivity contribution in [3.8, 4) is 0 Å². The molecule has 0 aromatic carbocycles. The van der Waals surface area contributed by atoms with Gasteiger partial charge in [0.15, 0.2) is 5.65 Å². The number of carbonyl (C=O) groups excluding carboxylic acids is 1. The van der Waals surface area contributed by atoms with E-state index in [0.717, 1.165) is 69.9 Å². The van der Waals surface area contributed by atoms with Gasteiger partial charge >= 0.3 is 0 Å². The van der Waals surface area contributed by atoms with Gasteiger partial charge in [-0.05, 0) is 31.9 Å². The average molecular weight is 383 g/mol. The van der Waals surface area contributed by atoms with E-state index >= 15 is 0 Å². The van der Waals surface area contributed by atoms with Crippen LogP contribution in [0.15, 0.2) is 24.7 Å². The van der Waals surface area contributed by atoms with E-state index in [0.29, 0.717) is 11.6 Å². The first-order valence-electron chi connectivity index (χ1n) is 10.6. The molecular formula is C21H30N6O. The van der Waals surface area contributed by atoms with E-state index < -0.39 is 0 Å². The number of hydrogen-bond donors (Lipinski definition) is 0. The van der Waals surface area contributed by atoms with Gasteiger partial charge in [-0.25, -0.2) is 9.97 Å². The third-order valence-corrected chi connectivity index (χ3v) is 5.96. The summed E-state index contributed by atoms with van der Waals surface area (Å²) in [4.78, 5) is 33.0. The lowest BCUT2D eigenvalue weighted by atomic mass is 9.95. The Hall–Kier alpha value is -2.28. The highest BCUT2D eigenvalue weighted by molar-refractivity contribution is 5.80. The number of fused-ring (bicyclic) bond motifs is 1. The molecule has 2 saturated heterocycles. The van der Waals surface area contributed by atoms with Gasteiger partial charge in [-0.15, -0.1) is 0 Å². The molecule has 2 aromatic rings. The number of aromatic nitrogens is 3. The first kappa shape index (κ1) is 19.1. The quantitative estimate of drug-likeness (QED) is 0.790. The number of anilines is 1. The Morgan fingerprint density at radius 2 is 1.93 bits per heavy atom. The fraction of sp³-hybridized carbons (Fsp3) is 0.619. The number of pyridine rings is 1. The van der Waals surface area contributed by atoms with Crippen molar-refractivity contribution in [2.45, 2.75) is 32.6 Å². The van der Waals surface area contributed by atoms with Crippen LogP contribution in [0.4, 0.5) is 5.69 Å². The van der Waals surface area contributed by atoms with E-state index in [1.54, 1.807) is 12.4 Å². The standard InChI is InChI=1S/C21H30N6O/c1-2-3-8-25-10-12-26(13-11-25)21(28)17-5-4-9-27(16-17)18-14-19-20(24-15-18)23-7-6-22-19/h6-7,14-15,17H,2-5,8-13,16H2,1H3/t17-/m0/s1. The smallest absolute Gasteiger partial charge is 0.227 e. The zero-order valence-electron chi connectivity index (χ0n) is 16.8. The highest BCUT2D eigenvalue weighted by Gasteiger charge is 2.31. The second-order valence-corrected chi connectivity index (χ2v) is 7.90. The third kappa shape index (κ3) is 4.24. The Labute approximate surface area is 166 Å². The molecule has 1 amide bonds. The van der Waals surface area contributed by atoms with Crippen LogP contribution in [0.1, 0.15) is 32.6 Å². The van der Waals surface area contributed by atoms with E-state index in [-0.39, 0.29) is 5.92 Å². The van der Waals surface area contributed by atoms with Crippen molar-refractivity contribution < 1.29 is 4.79 Å². The lowest BCUT2D eigenvalue weighted by Gasteiger charge is -2.39. The minimum atomic E-state index is 0.0773. The van der Waals surface area contributed by atoms with Crippen LogP contribution >= 0.6 is 0 Å². The summed E-state index contributed by atoms with van der Waals surface area (Å²) in [6.45, 7) is 8.87. The molecule has 150 valence electrons.